The zero-order valence-corrected chi connectivity index (χ0v) is 19.5. The summed E-state index contributed by atoms with van der Waals surface area (Å²) in [5.41, 5.74) is 1.95. The average molecular weight is 484 g/mol. The third-order valence-electron chi connectivity index (χ3n) is 5.16. The SMILES string of the molecule is C=CCOc1ccc([C@H]2CC(=O)Nc3nc(SCc4ccc(Cl)cc4)[nH]c(=O)c32)cc1OC. The number of H-pyrrole nitrogens is 1. The van der Waals surface area contributed by atoms with Gasteiger partial charge in [-0.1, -0.05) is 54.2 Å². The fraction of sp³-hybridized carbons (Fsp3) is 0.208. The maximum atomic E-state index is 13.0. The fourth-order valence-corrected chi connectivity index (χ4v) is 4.55. The van der Waals surface area contributed by atoms with Gasteiger partial charge in [-0.2, -0.15) is 0 Å². The Morgan fingerprint density at radius 2 is 2.00 bits per heavy atom. The summed E-state index contributed by atoms with van der Waals surface area (Å²) in [5, 5.41) is 3.84. The summed E-state index contributed by atoms with van der Waals surface area (Å²) in [6, 6.07) is 12.8. The number of nitrogens with one attached hydrogen (secondary N) is 2. The first-order chi connectivity index (χ1) is 16.0. The van der Waals surface area contributed by atoms with Crippen LogP contribution in [-0.4, -0.2) is 29.6 Å². The highest BCUT2D eigenvalue weighted by Crippen LogP contribution is 2.38. The average Bonchev–Trinajstić information content (AvgIpc) is 2.81. The predicted molar refractivity (Wildman–Crippen MR) is 130 cm³/mol. The standard InChI is InChI=1S/C24H22ClN3O4S/c1-3-10-32-18-9-6-15(11-19(18)31-2)17-12-20(29)26-22-21(17)23(30)28-24(27-22)33-13-14-4-7-16(25)8-5-14/h3-9,11,17H,1,10,12-13H2,2H3,(H2,26,27,28,29,30)/t17-/m1/s1. The van der Waals surface area contributed by atoms with Crippen LogP contribution in [0.4, 0.5) is 5.82 Å². The van der Waals surface area contributed by atoms with E-state index in [1.807, 2.05) is 30.3 Å². The summed E-state index contributed by atoms with van der Waals surface area (Å²) >= 11 is 7.31. The molecule has 0 spiro atoms. The number of halogens is 1. The number of carbonyl (C=O) groups is 1. The zero-order chi connectivity index (χ0) is 23.4. The largest absolute Gasteiger partial charge is 0.493 e. The van der Waals surface area contributed by atoms with E-state index < -0.39 is 5.92 Å². The van der Waals surface area contributed by atoms with Crippen LogP contribution in [0.15, 0.2) is 65.1 Å². The Bertz CT molecular complexity index is 1240. The monoisotopic (exact) mass is 483 g/mol. The minimum atomic E-state index is -0.456. The number of aromatic amines is 1. The van der Waals surface area contributed by atoms with E-state index >= 15 is 0 Å². The molecule has 7 nitrogen and oxygen atoms in total. The van der Waals surface area contributed by atoms with E-state index in [2.05, 4.69) is 21.9 Å². The molecule has 2 aromatic carbocycles. The number of rotatable bonds is 8. The summed E-state index contributed by atoms with van der Waals surface area (Å²) in [6.45, 7) is 3.98. The molecule has 33 heavy (non-hydrogen) atoms. The highest BCUT2D eigenvalue weighted by atomic mass is 35.5. The van der Waals surface area contributed by atoms with E-state index in [0.717, 1.165) is 11.1 Å². The van der Waals surface area contributed by atoms with Gasteiger partial charge < -0.3 is 19.8 Å². The fourth-order valence-electron chi connectivity index (χ4n) is 3.60. The molecule has 1 aromatic heterocycles. The first-order valence-electron chi connectivity index (χ1n) is 10.2. The van der Waals surface area contributed by atoms with Gasteiger partial charge in [0.2, 0.25) is 5.91 Å². The number of thioether (sulfide) groups is 1. The summed E-state index contributed by atoms with van der Waals surface area (Å²) in [5.74, 6) is 1.29. The van der Waals surface area contributed by atoms with Gasteiger partial charge in [-0.25, -0.2) is 4.98 Å². The number of methoxy groups -OCH3 is 1. The van der Waals surface area contributed by atoms with Gasteiger partial charge in [-0.3, -0.25) is 9.59 Å². The van der Waals surface area contributed by atoms with Gasteiger partial charge in [-0.05, 0) is 35.4 Å². The van der Waals surface area contributed by atoms with Gasteiger partial charge in [0.15, 0.2) is 16.7 Å². The summed E-state index contributed by atoms with van der Waals surface area (Å²) < 4.78 is 11.1. The second-order valence-electron chi connectivity index (χ2n) is 7.36. The van der Waals surface area contributed by atoms with Gasteiger partial charge in [-0.15, -0.1) is 0 Å². The Labute approximate surface area is 200 Å². The smallest absolute Gasteiger partial charge is 0.257 e. The van der Waals surface area contributed by atoms with Crippen molar-refractivity contribution in [1.29, 1.82) is 0 Å². The first kappa shape index (κ1) is 22.9. The van der Waals surface area contributed by atoms with Crippen LogP contribution in [0.1, 0.15) is 29.0 Å². The zero-order valence-electron chi connectivity index (χ0n) is 17.9. The molecule has 1 amide bonds. The molecule has 4 rings (SSSR count). The summed E-state index contributed by atoms with van der Waals surface area (Å²) in [6.07, 6.45) is 1.77. The van der Waals surface area contributed by atoms with Gasteiger partial charge in [0, 0.05) is 23.1 Å². The molecule has 9 heteroatoms. The highest BCUT2D eigenvalue weighted by Gasteiger charge is 2.31. The number of nitrogens with zero attached hydrogens (tertiary/aromatic N) is 1. The number of aromatic nitrogens is 2. The van der Waals surface area contributed by atoms with Crippen molar-refractivity contribution in [2.45, 2.75) is 23.2 Å². The molecule has 0 saturated heterocycles. The Hall–Kier alpha value is -3.23. The predicted octanol–water partition coefficient (Wildman–Crippen LogP) is 4.76. The second kappa shape index (κ2) is 10.1. The number of amides is 1. The number of hydrogen-bond donors (Lipinski definition) is 2. The van der Waals surface area contributed by atoms with E-state index in [1.165, 1.54) is 11.8 Å². The van der Waals surface area contributed by atoms with Crippen LogP contribution < -0.4 is 20.3 Å². The van der Waals surface area contributed by atoms with E-state index in [0.29, 0.717) is 39.6 Å². The first-order valence-corrected chi connectivity index (χ1v) is 11.6. The molecule has 1 aliphatic rings. The summed E-state index contributed by atoms with van der Waals surface area (Å²) in [7, 11) is 1.54. The lowest BCUT2D eigenvalue weighted by molar-refractivity contribution is -0.116. The van der Waals surface area contributed by atoms with Crippen LogP contribution in [0, 0.1) is 0 Å². The van der Waals surface area contributed by atoms with Crippen molar-refractivity contribution >= 4 is 35.1 Å². The molecular weight excluding hydrogens is 462 g/mol. The molecule has 170 valence electrons. The molecule has 1 aliphatic heterocycles. The topological polar surface area (TPSA) is 93.3 Å². The summed E-state index contributed by atoms with van der Waals surface area (Å²) in [4.78, 5) is 32.9. The van der Waals surface area contributed by atoms with E-state index in [1.54, 1.807) is 25.3 Å². The molecule has 0 saturated carbocycles. The van der Waals surface area contributed by atoms with Crippen molar-refractivity contribution in [3.05, 3.63) is 87.2 Å². The van der Waals surface area contributed by atoms with Gasteiger partial charge in [0.1, 0.15) is 12.4 Å². The molecule has 0 fully saturated rings. The number of fused-ring (bicyclic) bond motifs is 1. The van der Waals surface area contributed by atoms with Crippen molar-refractivity contribution in [3.8, 4) is 11.5 Å². The Morgan fingerprint density at radius 3 is 2.73 bits per heavy atom. The van der Waals surface area contributed by atoms with Crippen LogP contribution in [0.25, 0.3) is 0 Å². The number of hydrogen-bond acceptors (Lipinski definition) is 6. The molecule has 0 unspecified atom stereocenters. The molecule has 2 heterocycles. The Balaban J connectivity index is 1.63. The van der Waals surface area contributed by atoms with E-state index in [9.17, 15) is 9.59 Å². The van der Waals surface area contributed by atoms with Crippen molar-refractivity contribution in [3.63, 3.8) is 0 Å². The molecule has 0 bridgehead atoms. The Kier molecular flexibility index (Phi) is 7.05. The third kappa shape index (κ3) is 5.23. The lowest BCUT2D eigenvalue weighted by atomic mass is 9.86. The Morgan fingerprint density at radius 1 is 1.21 bits per heavy atom. The second-order valence-corrected chi connectivity index (χ2v) is 8.76. The van der Waals surface area contributed by atoms with Crippen LogP contribution in [-0.2, 0) is 10.5 Å². The number of benzene rings is 2. The molecule has 1 atom stereocenters. The quantitative estimate of drug-likeness (QED) is 0.272. The minimum absolute atomic E-state index is 0.130. The van der Waals surface area contributed by atoms with Crippen LogP contribution in [0.3, 0.4) is 0 Å². The van der Waals surface area contributed by atoms with Crippen LogP contribution in [0.2, 0.25) is 5.02 Å². The van der Waals surface area contributed by atoms with Crippen molar-refractivity contribution < 1.29 is 14.3 Å². The number of ether oxygens (including phenoxy) is 2. The highest BCUT2D eigenvalue weighted by molar-refractivity contribution is 7.98. The number of anilines is 1. The van der Waals surface area contributed by atoms with Crippen molar-refractivity contribution in [2.75, 3.05) is 19.0 Å². The molecule has 2 N–H and O–H groups in total. The van der Waals surface area contributed by atoms with Crippen LogP contribution >= 0.6 is 23.4 Å². The van der Waals surface area contributed by atoms with Crippen LogP contribution in [0.5, 0.6) is 11.5 Å². The lowest BCUT2D eigenvalue weighted by Crippen LogP contribution is -2.31. The minimum Gasteiger partial charge on any atom is -0.493 e. The van der Waals surface area contributed by atoms with Crippen molar-refractivity contribution in [1.82, 2.24) is 9.97 Å². The molecule has 0 aliphatic carbocycles. The lowest BCUT2D eigenvalue weighted by Gasteiger charge is -2.25. The van der Waals surface area contributed by atoms with E-state index in [-0.39, 0.29) is 23.7 Å². The maximum absolute atomic E-state index is 13.0. The maximum Gasteiger partial charge on any atom is 0.257 e. The molecule has 0 radical (unpaired) electrons. The molecule has 3 aromatic rings. The van der Waals surface area contributed by atoms with Gasteiger partial charge >= 0.3 is 0 Å². The van der Waals surface area contributed by atoms with Crippen molar-refractivity contribution in [2.24, 2.45) is 0 Å². The van der Waals surface area contributed by atoms with Gasteiger partial charge in [0.05, 0.1) is 12.7 Å². The molecular formula is C24H22ClN3O4S. The third-order valence-corrected chi connectivity index (χ3v) is 6.36. The normalized spacial score (nSPS) is 14.8. The van der Waals surface area contributed by atoms with E-state index in [4.69, 9.17) is 21.1 Å². The van der Waals surface area contributed by atoms with Gasteiger partial charge in [0.25, 0.3) is 5.56 Å². The number of carbonyl (C=O) groups excluding carboxylic acids is 1.